The molecule has 0 aromatic carbocycles. The van der Waals surface area contributed by atoms with E-state index in [1.165, 1.54) is 0 Å². The van der Waals surface area contributed by atoms with Crippen molar-refractivity contribution in [3.63, 3.8) is 0 Å². The number of nitrogens with zero attached hydrogens (tertiary/aromatic N) is 1. The van der Waals surface area contributed by atoms with E-state index >= 15 is 0 Å². The Labute approximate surface area is 73.4 Å². The number of aromatic nitrogens is 1. The number of rotatable bonds is 2. The van der Waals surface area contributed by atoms with Gasteiger partial charge >= 0.3 is 5.97 Å². The number of hydrogen-bond donors (Lipinski definition) is 0. The monoisotopic (exact) mass is 187 g/mol. The first-order valence-electron chi connectivity index (χ1n) is 3.63. The average Bonchev–Trinajstić information content (AvgIpc) is 2.09. The van der Waals surface area contributed by atoms with E-state index in [4.69, 9.17) is 0 Å². The molecular formula is C8H7F2NO2. The van der Waals surface area contributed by atoms with Crippen molar-refractivity contribution < 1.29 is 18.3 Å². The lowest BCUT2D eigenvalue weighted by atomic mass is 10.2. The Morgan fingerprint density at radius 2 is 2.31 bits per heavy atom. The van der Waals surface area contributed by atoms with Crippen molar-refractivity contribution in [2.45, 2.75) is 6.92 Å². The maximum absolute atomic E-state index is 12.8. The van der Waals surface area contributed by atoms with E-state index in [0.29, 0.717) is 12.3 Å². The van der Waals surface area contributed by atoms with Crippen LogP contribution in [-0.2, 0) is 4.74 Å². The largest absolute Gasteiger partial charge is 0.462 e. The predicted octanol–water partition coefficient (Wildman–Crippen LogP) is 1.54. The molecule has 1 aromatic rings. The summed E-state index contributed by atoms with van der Waals surface area (Å²) in [6.07, 6.45) is 0.640. The lowest BCUT2D eigenvalue weighted by Gasteiger charge is -2.01. The molecule has 0 N–H and O–H groups in total. The second kappa shape index (κ2) is 3.93. The minimum absolute atomic E-state index is 0.113. The highest BCUT2D eigenvalue weighted by atomic mass is 19.1. The first kappa shape index (κ1) is 9.57. The average molecular weight is 187 g/mol. The van der Waals surface area contributed by atoms with Gasteiger partial charge in [-0.25, -0.2) is 14.2 Å². The molecule has 0 amide bonds. The molecule has 1 aromatic heterocycles. The number of halogens is 2. The van der Waals surface area contributed by atoms with Crippen molar-refractivity contribution in [2.75, 3.05) is 6.61 Å². The molecule has 0 fully saturated rings. The third kappa shape index (κ3) is 2.21. The highest BCUT2D eigenvalue weighted by molar-refractivity contribution is 5.89. The SMILES string of the molecule is CCOC(=O)c1cc(F)ncc1F. The van der Waals surface area contributed by atoms with Crippen LogP contribution in [0.2, 0.25) is 0 Å². The molecule has 0 unspecified atom stereocenters. The molecule has 0 atom stereocenters. The van der Waals surface area contributed by atoms with Crippen molar-refractivity contribution >= 4 is 5.97 Å². The molecule has 3 nitrogen and oxygen atoms in total. The third-order valence-corrected chi connectivity index (χ3v) is 1.32. The summed E-state index contributed by atoms with van der Waals surface area (Å²) in [5, 5.41) is 0. The molecule has 70 valence electrons. The van der Waals surface area contributed by atoms with E-state index in [1.54, 1.807) is 6.92 Å². The topological polar surface area (TPSA) is 39.2 Å². The highest BCUT2D eigenvalue weighted by Crippen LogP contribution is 2.08. The number of carbonyl (C=O) groups excluding carboxylic acids is 1. The van der Waals surface area contributed by atoms with Crippen LogP contribution in [0.5, 0.6) is 0 Å². The fourth-order valence-electron chi connectivity index (χ4n) is 0.778. The second-order valence-electron chi connectivity index (χ2n) is 2.21. The van der Waals surface area contributed by atoms with E-state index in [1.807, 2.05) is 0 Å². The standard InChI is InChI=1S/C8H7F2NO2/c1-2-13-8(12)5-3-7(10)11-4-6(5)9/h3-4H,2H2,1H3. The van der Waals surface area contributed by atoms with E-state index in [-0.39, 0.29) is 6.61 Å². The van der Waals surface area contributed by atoms with Crippen LogP contribution in [0.1, 0.15) is 17.3 Å². The zero-order valence-corrected chi connectivity index (χ0v) is 6.88. The Kier molecular flexibility index (Phi) is 2.89. The smallest absolute Gasteiger partial charge is 0.341 e. The van der Waals surface area contributed by atoms with Gasteiger partial charge in [-0.05, 0) is 6.92 Å². The number of esters is 1. The molecule has 0 aliphatic carbocycles. The van der Waals surface area contributed by atoms with Crippen molar-refractivity contribution in [2.24, 2.45) is 0 Å². The Bertz CT molecular complexity index is 328. The van der Waals surface area contributed by atoms with Gasteiger partial charge in [-0.15, -0.1) is 0 Å². The van der Waals surface area contributed by atoms with E-state index < -0.39 is 23.3 Å². The van der Waals surface area contributed by atoms with E-state index in [9.17, 15) is 13.6 Å². The Morgan fingerprint density at radius 1 is 1.62 bits per heavy atom. The second-order valence-corrected chi connectivity index (χ2v) is 2.21. The predicted molar refractivity (Wildman–Crippen MR) is 40.1 cm³/mol. The molecule has 1 heterocycles. The zero-order chi connectivity index (χ0) is 9.84. The molecule has 0 aliphatic rings. The van der Waals surface area contributed by atoms with Gasteiger partial charge in [0.25, 0.3) is 0 Å². The number of pyridine rings is 1. The van der Waals surface area contributed by atoms with Gasteiger partial charge in [-0.2, -0.15) is 4.39 Å². The summed E-state index contributed by atoms with van der Waals surface area (Å²) in [5.74, 6) is -2.69. The Balaban J connectivity index is 2.99. The summed E-state index contributed by atoms with van der Waals surface area (Å²) < 4.78 is 29.8. The molecule has 0 radical (unpaired) electrons. The van der Waals surface area contributed by atoms with Gasteiger partial charge in [-0.3, -0.25) is 0 Å². The zero-order valence-electron chi connectivity index (χ0n) is 6.88. The minimum Gasteiger partial charge on any atom is -0.462 e. The Morgan fingerprint density at radius 3 is 2.92 bits per heavy atom. The maximum Gasteiger partial charge on any atom is 0.341 e. The molecule has 5 heteroatoms. The van der Waals surface area contributed by atoms with Crippen molar-refractivity contribution in [3.8, 4) is 0 Å². The number of hydrogen-bond acceptors (Lipinski definition) is 3. The molecule has 0 saturated carbocycles. The van der Waals surface area contributed by atoms with Gasteiger partial charge in [0.1, 0.15) is 5.56 Å². The highest BCUT2D eigenvalue weighted by Gasteiger charge is 2.13. The summed E-state index contributed by atoms with van der Waals surface area (Å²) in [5.41, 5.74) is -0.436. The van der Waals surface area contributed by atoms with Gasteiger partial charge in [0.05, 0.1) is 12.8 Å². The van der Waals surface area contributed by atoms with Gasteiger partial charge in [0.2, 0.25) is 5.95 Å². The van der Waals surface area contributed by atoms with Crippen LogP contribution in [0.15, 0.2) is 12.3 Å². The fraction of sp³-hybridized carbons (Fsp3) is 0.250. The molecule has 0 aliphatic heterocycles. The van der Waals surface area contributed by atoms with Crippen LogP contribution in [0, 0.1) is 11.8 Å². The van der Waals surface area contributed by atoms with Crippen LogP contribution in [0.3, 0.4) is 0 Å². The molecule has 0 spiro atoms. The summed E-state index contributed by atoms with van der Waals surface area (Å²) in [4.78, 5) is 14.0. The van der Waals surface area contributed by atoms with Crippen molar-refractivity contribution in [1.82, 2.24) is 4.98 Å². The summed E-state index contributed by atoms with van der Waals surface area (Å²) >= 11 is 0. The summed E-state index contributed by atoms with van der Waals surface area (Å²) in [6, 6.07) is 0.702. The molecular weight excluding hydrogens is 180 g/mol. The number of carbonyl (C=O) groups is 1. The Hall–Kier alpha value is -1.52. The molecule has 1 rings (SSSR count). The summed E-state index contributed by atoms with van der Waals surface area (Å²) in [7, 11) is 0. The van der Waals surface area contributed by atoms with Gasteiger partial charge in [0, 0.05) is 6.07 Å². The first-order valence-corrected chi connectivity index (χ1v) is 3.63. The van der Waals surface area contributed by atoms with Crippen LogP contribution in [0.4, 0.5) is 8.78 Å². The third-order valence-electron chi connectivity index (χ3n) is 1.32. The molecule has 0 bridgehead atoms. The van der Waals surface area contributed by atoms with Gasteiger partial charge in [0.15, 0.2) is 5.82 Å². The lowest BCUT2D eigenvalue weighted by molar-refractivity contribution is 0.0520. The lowest BCUT2D eigenvalue weighted by Crippen LogP contribution is -2.08. The quantitative estimate of drug-likeness (QED) is 0.520. The molecule has 0 saturated heterocycles. The van der Waals surface area contributed by atoms with Crippen molar-refractivity contribution in [3.05, 3.63) is 29.6 Å². The van der Waals surface area contributed by atoms with Crippen LogP contribution in [0.25, 0.3) is 0 Å². The van der Waals surface area contributed by atoms with Crippen LogP contribution in [-0.4, -0.2) is 17.6 Å². The van der Waals surface area contributed by atoms with Crippen molar-refractivity contribution in [1.29, 1.82) is 0 Å². The van der Waals surface area contributed by atoms with Gasteiger partial charge < -0.3 is 4.74 Å². The normalized spacial score (nSPS) is 9.77. The van der Waals surface area contributed by atoms with Gasteiger partial charge in [-0.1, -0.05) is 0 Å². The first-order chi connectivity index (χ1) is 6.15. The van der Waals surface area contributed by atoms with Crippen LogP contribution >= 0.6 is 0 Å². The minimum atomic E-state index is -0.913. The fourth-order valence-corrected chi connectivity index (χ4v) is 0.778. The van der Waals surface area contributed by atoms with E-state index in [0.717, 1.165) is 0 Å². The molecule has 13 heavy (non-hydrogen) atoms. The van der Waals surface area contributed by atoms with Crippen LogP contribution < -0.4 is 0 Å². The number of ether oxygens (including phenoxy) is 1. The maximum atomic E-state index is 12.8. The van der Waals surface area contributed by atoms with E-state index in [2.05, 4.69) is 9.72 Å². The summed E-state index contributed by atoms with van der Waals surface area (Å²) in [6.45, 7) is 1.69.